The monoisotopic (exact) mass is 355 g/mol. The second-order valence-corrected chi connectivity index (χ2v) is 8.15. The van der Waals surface area contributed by atoms with Gasteiger partial charge in [-0.05, 0) is 47.5 Å². The van der Waals surface area contributed by atoms with Crippen molar-refractivity contribution in [1.29, 1.82) is 0 Å². The fraction of sp³-hybridized carbons (Fsp3) is 0.889. The summed E-state index contributed by atoms with van der Waals surface area (Å²) in [7, 11) is 0. The Bertz CT molecular complexity index is 459. The van der Waals surface area contributed by atoms with Gasteiger partial charge in [-0.3, -0.25) is 4.90 Å². The summed E-state index contributed by atoms with van der Waals surface area (Å²) < 4.78 is 10.7. The van der Waals surface area contributed by atoms with Crippen molar-refractivity contribution < 1.29 is 19.1 Å². The maximum atomic E-state index is 12.1. The number of nitrogens with zero attached hydrogens (tertiary/aromatic N) is 3. The van der Waals surface area contributed by atoms with Crippen LogP contribution < -0.4 is 0 Å². The van der Waals surface area contributed by atoms with Gasteiger partial charge in [0.25, 0.3) is 0 Å². The highest BCUT2D eigenvalue weighted by Gasteiger charge is 2.32. The molecule has 0 saturated carbocycles. The summed E-state index contributed by atoms with van der Waals surface area (Å²) in [5, 5.41) is 0. The van der Waals surface area contributed by atoms with Gasteiger partial charge in [-0.15, -0.1) is 0 Å². The van der Waals surface area contributed by atoms with Crippen LogP contribution >= 0.6 is 0 Å². The summed E-state index contributed by atoms with van der Waals surface area (Å²) >= 11 is 0. The fourth-order valence-electron chi connectivity index (χ4n) is 3.29. The van der Waals surface area contributed by atoms with E-state index < -0.39 is 5.60 Å². The van der Waals surface area contributed by atoms with E-state index in [4.69, 9.17) is 9.47 Å². The first-order valence-corrected chi connectivity index (χ1v) is 9.33. The normalized spacial score (nSPS) is 20.7. The van der Waals surface area contributed by atoms with E-state index in [9.17, 15) is 9.59 Å². The van der Waals surface area contributed by atoms with Crippen LogP contribution in [0.15, 0.2) is 0 Å². The van der Waals surface area contributed by atoms with Crippen LogP contribution in [-0.4, -0.2) is 83.9 Å². The third-order valence-electron chi connectivity index (χ3n) is 4.54. The van der Waals surface area contributed by atoms with Gasteiger partial charge >= 0.3 is 12.2 Å². The van der Waals surface area contributed by atoms with Crippen molar-refractivity contribution in [3.8, 4) is 0 Å². The molecular formula is C18H33N3O4. The maximum Gasteiger partial charge on any atom is 0.410 e. The summed E-state index contributed by atoms with van der Waals surface area (Å²) in [6.45, 7) is 14.0. The van der Waals surface area contributed by atoms with Gasteiger partial charge in [0.1, 0.15) is 5.60 Å². The number of hydrogen-bond donors (Lipinski definition) is 0. The van der Waals surface area contributed by atoms with Crippen LogP contribution in [-0.2, 0) is 9.47 Å². The molecule has 2 fully saturated rings. The van der Waals surface area contributed by atoms with E-state index in [1.165, 1.54) is 0 Å². The predicted octanol–water partition coefficient (Wildman–Crippen LogP) is 2.55. The molecule has 2 heterocycles. The van der Waals surface area contributed by atoms with E-state index in [0.29, 0.717) is 19.1 Å². The minimum atomic E-state index is -0.453. The van der Waals surface area contributed by atoms with Crippen LogP contribution in [0, 0.1) is 0 Å². The number of piperazine rings is 1. The van der Waals surface area contributed by atoms with Crippen LogP contribution in [0.25, 0.3) is 0 Å². The second kappa shape index (κ2) is 8.25. The van der Waals surface area contributed by atoms with Gasteiger partial charge in [-0.1, -0.05) is 0 Å². The molecule has 0 bridgehead atoms. The molecule has 7 heteroatoms. The van der Waals surface area contributed by atoms with Crippen LogP contribution in [0.1, 0.15) is 47.5 Å². The van der Waals surface area contributed by atoms with Gasteiger partial charge in [0.2, 0.25) is 0 Å². The Morgan fingerprint density at radius 3 is 1.88 bits per heavy atom. The highest BCUT2D eigenvalue weighted by Crippen LogP contribution is 2.20. The minimum absolute atomic E-state index is 0.0776. The number of ether oxygens (including phenoxy) is 2. The highest BCUT2D eigenvalue weighted by molar-refractivity contribution is 5.68. The molecule has 0 unspecified atom stereocenters. The standard InChI is InChI=1S/C18H33N3O4/c1-14(2)24-16(22)20-8-6-15(7-9-20)19-10-12-21(13-11-19)17(23)25-18(3,4)5/h14-15H,6-13H2,1-5H3. The molecule has 2 aliphatic rings. The molecule has 0 radical (unpaired) electrons. The Morgan fingerprint density at radius 2 is 1.40 bits per heavy atom. The largest absolute Gasteiger partial charge is 0.447 e. The Kier molecular flexibility index (Phi) is 6.54. The van der Waals surface area contributed by atoms with E-state index in [0.717, 1.165) is 39.0 Å². The number of amides is 2. The molecule has 2 aliphatic heterocycles. The number of carbonyl (C=O) groups is 2. The maximum absolute atomic E-state index is 12.1. The van der Waals surface area contributed by atoms with E-state index in [2.05, 4.69) is 4.90 Å². The summed E-state index contributed by atoms with van der Waals surface area (Å²) in [5.74, 6) is 0. The molecule has 0 atom stereocenters. The number of hydrogen-bond acceptors (Lipinski definition) is 5. The lowest BCUT2D eigenvalue weighted by molar-refractivity contribution is 0.00450. The topological polar surface area (TPSA) is 62.3 Å². The molecule has 0 aromatic carbocycles. The molecule has 0 aromatic heterocycles. The third-order valence-corrected chi connectivity index (χ3v) is 4.54. The molecule has 7 nitrogen and oxygen atoms in total. The summed E-state index contributed by atoms with van der Waals surface area (Å²) in [6, 6.07) is 0.476. The molecule has 0 aliphatic carbocycles. The van der Waals surface area contributed by atoms with E-state index in [-0.39, 0.29) is 18.3 Å². The Morgan fingerprint density at radius 1 is 0.880 bits per heavy atom. The lowest BCUT2D eigenvalue weighted by Crippen LogP contribution is -2.55. The Labute approximate surface area is 151 Å². The van der Waals surface area contributed by atoms with Gasteiger partial charge in [0.15, 0.2) is 0 Å². The predicted molar refractivity (Wildman–Crippen MR) is 95.6 cm³/mol. The van der Waals surface area contributed by atoms with E-state index in [1.807, 2.05) is 34.6 Å². The molecule has 2 saturated heterocycles. The van der Waals surface area contributed by atoms with Gasteiger partial charge < -0.3 is 19.3 Å². The van der Waals surface area contributed by atoms with Crippen LogP contribution in [0.5, 0.6) is 0 Å². The zero-order valence-corrected chi connectivity index (χ0v) is 16.3. The van der Waals surface area contributed by atoms with Crippen molar-refractivity contribution in [2.45, 2.75) is 65.2 Å². The molecule has 25 heavy (non-hydrogen) atoms. The lowest BCUT2D eigenvalue weighted by atomic mass is 10.0. The average Bonchev–Trinajstić information content (AvgIpc) is 2.53. The smallest absolute Gasteiger partial charge is 0.410 e. The second-order valence-electron chi connectivity index (χ2n) is 8.15. The van der Waals surface area contributed by atoms with Gasteiger partial charge in [0.05, 0.1) is 6.10 Å². The molecular weight excluding hydrogens is 322 g/mol. The van der Waals surface area contributed by atoms with Crippen molar-refractivity contribution >= 4 is 12.2 Å². The van der Waals surface area contributed by atoms with Crippen molar-refractivity contribution in [1.82, 2.24) is 14.7 Å². The molecule has 2 rings (SSSR count). The van der Waals surface area contributed by atoms with Crippen LogP contribution in [0.2, 0.25) is 0 Å². The molecule has 2 amide bonds. The summed E-state index contributed by atoms with van der Waals surface area (Å²) in [5.41, 5.74) is -0.453. The van der Waals surface area contributed by atoms with Gasteiger partial charge in [0, 0.05) is 45.3 Å². The average molecular weight is 355 g/mol. The Balaban J connectivity index is 1.73. The van der Waals surface area contributed by atoms with Gasteiger partial charge in [-0.2, -0.15) is 0 Å². The zero-order valence-electron chi connectivity index (χ0n) is 16.3. The zero-order chi connectivity index (χ0) is 18.6. The molecule has 0 N–H and O–H groups in total. The molecule has 0 aromatic rings. The van der Waals surface area contributed by atoms with Gasteiger partial charge in [-0.25, -0.2) is 9.59 Å². The first kappa shape index (κ1) is 19.8. The SMILES string of the molecule is CC(C)OC(=O)N1CCC(N2CCN(C(=O)OC(C)(C)C)CC2)CC1. The summed E-state index contributed by atoms with van der Waals surface area (Å²) in [6.07, 6.45) is 1.41. The fourth-order valence-corrected chi connectivity index (χ4v) is 3.29. The first-order valence-electron chi connectivity index (χ1n) is 9.33. The van der Waals surface area contributed by atoms with Crippen molar-refractivity contribution in [2.75, 3.05) is 39.3 Å². The molecule has 144 valence electrons. The third kappa shape index (κ3) is 6.06. The minimum Gasteiger partial charge on any atom is -0.447 e. The van der Waals surface area contributed by atoms with Crippen molar-refractivity contribution in [3.05, 3.63) is 0 Å². The lowest BCUT2D eigenvalue weighted by Gasteiger charge is -2.42. The van der Waals surface area contributed by atoms with Crippen LogP contribution in [0.3, 0.4) is 0 Å². The number of piperidine rings is 1. The quantitative estimate of drug-likeness (QED) is 0.762. The number of carbonyl (C=O) groups excluding carboxylic acids is 2. The van der Waals surface area contributed by atoms with Crippen LogP contribution in [0.4, 0.5) is 9.59 Å². The highest BCUT2D eigenvalue weighted by atomic mass is 16.6. The van der Waals surface area contributed by atoms with E-state index >= 15 is 0 Å². The Hall–Kier alpha value is -1.50. The molecule has 0 spiro atoms. The van der Waals surface area contributed by atoms with Crippen molar-refractivity contribution in [3.63, 3.8) is 0 Å². The van der Waals surface area contributed by atoms with Crippen molar-refractivity contribution in [2.24, 2.45) is 0 Å². The number of rotatable bonds is 2. The number of likely N-dealkylation sites (tertiary alicyclic amines) is 1. The van der Waals surface area contributed by atoms with E-state index in [1.54, 1.807) is 9.80 Å². The first-order chi connectivity index (χ1) is 11.7. The summed E-state index contributed by atoms with van der Waals surface area (Å²) in [4.78, 5) is 30.1.